The molecule has 0 spiro atoms. The Hall–Kier alpha value is -3.20. The summed E-state index contributed by atoms with van der Waals surface area (Å²) in [4.78, 5) is 19.0. The second kappa shape index (κ2) is 7.67. The summed E-state index contributed by atoms with van der Waals surface area (Å²) in [5, 5.41) is 18.9. The van der Waals surface area contributed by atoms with Crippen LogP contribution >= 0.6 is 0 Å². The molecule has 1 saturated heterocycles. The molecule has 1 fully saturated rings. The van der Waals surface area contributed by atoms with Crippen LogP contribution in [0.3, 0.4) is 0 Å². The second-order valence-electron chi connectivity index (χ2n) is 7.45. The van der Waals surface area contributed by atoms with Gasteiger partial charge in [-0.05, 0) is 37.5 Å². The molecule has 6 N–H and O–H groups in total. The summed E-state index contributed by atoms with van der Waals surface area (Å²) >= 11 is 0. The van der Waals surface area contributed by atoms with Gasteiger partial charge in [-0.25, -0.2) is 9.79 Å². The zero-order valence-electron chi connectivity index (χ0n) is 16.3. The van der Waals surface area contributed by atoms with Crippen molar-refractivity contribution in [2.75, 3.05) is 13.2 Å². The maximum atomic E-state index is 12.7. The number of aliphatic hydroxyl groups excluding tert-OH is 1. The minimum Gasteiger partial charge on any atom is -0.490 e. The molecule has 2 unspecified atom stereocenters. The molecular formula is C20H26N6O3. The van der Waals surface area contributed by atoms with E-state index in [-0.39, 0.29) is 18.7 Å². The number of benzene rings is 1. The van der Waals surface area contributed by atoms with E-state index in [1.54, 1.807) is 4.90 Å². The summed E-state index contributed by atoms with van der Waals surface area (Å²) in [6, 6.07) is 7.13. The van der Waals surface area contributed by atoms with E-state index in [9.17, 15) is 9.90 Å². The minimum absolute atomic E-state index is 0.0874. The number of nitrogens with zero attached hydrogens (tertiary/aromatic N) is 2. The number of amides is 2. The third kappa shape index (κ3) is 3.73. The highest BCUT2D eigenvalue weighted by atomic mass is 16.5. The third-order valence-electron chi connectivity index (χ3n) is 5.33. The molecule has 4 bridgehead atoms. The summed E-state index contributed by atoms with van der Waals surface area (Å²) in [6.07, 6.45) is 5.40. The molecule has 0 aliphatic carbocycles. The van der Waals surface area contributed by atoms with E-state index in [0.29, 0.717) is 37.1 Å². The molecule has 29 heavy (non-hydrogen) atoms. The van der Waals surface area contributed by atoms with Crippen LogP contribution in [0.15, 0.2) is 52.9 Å². The number of hydrogen-bond donors (Lipinski definition) is 5. The van der Waals surface area contributed by atoms with Gasteiger partial charge in [0.25, 0.3) is 0 Å². The fraction of sp³-hybridized carbons (Fsp3) is 0.400. The molecule has 1 aromatic rings. The van der Waals surface area contributed by atoms with E-state index in [4.69, 9.17) is 10.5 Å². The van der Waals surface area contributed by atoms with Crippen molar-refractivity contribution in [1.29, 1.82) is 0 Å². The van der Waals surface area contributed by atoms with Gasteiger partial charge in [0.15, 0.2) is 11.6 Å². The molecule has 0 aromatic heterocycles. The fourth-order valence-electron chi connectivity index (χ4n) is 3.75. The van der Waals surface area contributed by atoms with Gasteiger partial charge in [0.05, 0.1) is 19.2 Å². The number of hydrogen-bond acceptors (Lipinski definition) is 7. The van der Waals surface area contributed by atoms with E-state index in [1.807, 2.05) is 43.3 Å². The molecule has 154 valence electrons. The van der Waals surface area contributed by atoms with Gasteiger partial charge in [-0.1, -0.05) is 24.3 Å². The molecule has 3 heterocycles. The Morgan fingerprint density at radius 2 is 2.24 bits per heavy atom. The lowest BCUT2D eigenvalue weighted by Crippen LogP contribution is -2.63. The smallest absolute Gasteiger partial charge is 0.324 e. The highest BCUT2D eigenvalue weighted by molar-refractivity contribution is 5.90. The van der Waals surface area contributed by atoms with Gasteiger partial charge >= 0.3 is 6.03 Å². The zero-order chi connectivity index (χ0) is 20.4. The van der Waals surface area contributed by atoms with Gasteiger partial charge in [-0.3, -0.25) is 4.90 Å². The number of aliphatic imine (C=N–C) groups is 1. The average molecular weight is 398 g/mol. The number of carbonyl (C=O) groups excluding carboxylic acids is 1. The number of urea groups is 1. The second-order valence-corrected chi connectivity index (χ2v) is 7.45. The SMILES string of the molecule is CC12NC3=NC(CO)CC/C=C/COc4cccc(c4)CN1C(=O)NC2=C(N)N3. The summed E-state index contributed by atoms with van der Waals surface area (Å²) in [5.74, 6) is 1.51. The lowest BCUT2D eigenvalue weighted by molar-refractivity contribution is 0.157. The van der Waals surface area contributed by atoms with Crippen molar-refractivity contribution >= 4 is 12.0 Å². The van der Waals surface area contributed by atoms with Crippen LogP contribution in [0.4, 0.5) is 4.79 Å². The van der Waals surface area contributed by atoms with Gasteiger partial charge in [-0.2, -0.15) is 0 Å². The Morgan fingerprint density at radius 1 is 1.38 bits per heavy atom. The Bertz CT molecular complexity index is 896. The molecule has 9 nitrogen and oxygen atoms in total. The summed E-state index contributed by atoms with van der Waals surface area (Å²) < 4.78 is 5.79. The maximum absolute atomic E-state index is 12.7. The van der Waals surface area contributed by atoms with Gasteiger partial charge in [0.1, 0.15) is 23.9 Å². The molecule has 4 rings (SSSR count). The molecule has 2 atom stereocenters. The van der Waals surface area contributed by atoms with Crippen LogP contribution in [0, 0.1) is 0 Å². The largest absolute Gasteiger partial charge is 0.490 e. The fourth-order valence-corrected chi connectivity index (χ4v) is 3.75. The van der Waals surface area contributed by atoms with Gasteiger partial charge in [0, 0.05) is 0 Å². The Kier molecular flexibility index (Phi) is 5.06. The number of aliphatic hydroxyl groups is 1. The number of rotatable bonds is 1. The third-order valence-corrected chi connectivity index (χ3v) is 5.33. The van der Waals surface area contributed by atoms with E-state index in [0.717, 1.165) is 17.7 Å². The monoisotopic (exact) mass is 398 g/mol. The summed E-state index contributed by atoms with van der Waals surface area (Å²) in [5.41, 5.74) is 6.79. The quantitative estimate of drug-likeness (QED) is 0.444. The number of allylic oxidation sites excluding steroid dienone is 1. The molecule has 0 radical (unpaired) electrons. The van der Waals surface area contributed by atoms with Gasteiger partial charge in [0.2, 0.25) is 0 Å². The van der Waals surface area contributed by atoms with Crippen molar-refractivity contribution in [3.63, 3.8) is 0 Å². The summed E-state index contributed by atoms with van der Waals surface area (Å²) in [6.45, 7) is 2.60. The number of guanidine groups is 1. The van der Waals surface area contributed by atoms with Crippen LogP contribution in [0.25, 0.3) is 0 Å². The van der Waals surface area contributed by atoms with Gasteiger partial charge < -0.3 is 31.5 Å². The molecule has 3 aliphatic rings. The molecule has 1 aromatic carbocycles. The molecule has 2 amide bonds. The van der Waals surface area contributed by atoms with Gasteiger partial charge in [-0.15, -0.1) is 0 Å². The van der Waals surface area contributed by atoms with Crippen LogP contribution in [0.2, 0.25) is 0 Å². The van der Waals surface area contributed by atoms with E-state index >= 15 is 0 Å². The predicted octanol–water partition coefficient (Wildman–Crippen LogP) is 0.694. The normalized spacial score (nSPS) is 27.9. The highest BCUT2D eigenvalue weighted by Gasteiger charge is 2.50. The number of nitrogens with one attached hydrogen (secondary N) is 3. The predicted molar refractivity (Wildman–Crippen MR) is 109 cm³/mol. The molecule has 9 heteroatoms. The Labute approximate surface area is 169 Å². The average Bonchev–Trinajstić information content (AvgIpc) is 2.94. The van der Waals surface area contributed by atoms with Crippen molar-refractivity contribution in [3.05, 3.63) is 53.5 Å². The first kappa shape index (κ1) is 19.1. The van der Waals surface area contributed by atoms with Crippen molar-refractivity contribution in [1.82, 2.24) is 20.9 Å². The van der Waals surface area contributed by atoms with E-state index in [1.165, 1.54) is 0 Å². The van der Waals surface area contributed by atoms with Crippen LogP contribution in [0.1, 0.15) is 25.3 Å². The lowest BCUT2D eigenvalue weighted by atomic mass is 10.1. The lowest BCUT2D eigenvalue weighted by Gasteiger charge is -2.39. The number of carbonyl (C=O) groups is 1. The number of fused-ring (bicyclic) bond motifs is 3. The Balaban J connectivity index is 1.74. The minimum atomic E-state index is -0.890. The molecular weight excluding hydrogens is 372 g/mol. The van der Waals surface area contributed by atoms with Crippen molar-refractivity contribution < 1.29 is 14.6 Å². The zero-order valence-corrected chi connectivity index (χ0v) is 16.3. The topological polar surface area (TPSA) is 124 Å². The number of nitrogens with two attached hydrogens (primary N) is 1. The Morgan fingerprint density at radius 3 is 3.07 bits per heavy atom. The van der Waals surface area contributed by atoms with Crippen molar-refractivity contribution in [2.45, 2.75) is 38.0 Å². The highest BCUT2D eigenvalue weighted by Crippen LogP contribution is 2.31. The molecule has 0 saturated carbocycles. The van der Waals surface area contributed by atoms with E-state index < -0.39 is 5.66 Å². The van der Waals surface area contributed by atoms with Crippen molar-refractivity contribution in [3.8, 4) is 5.75 Å². The molecule has 3 aliphatic heterocycles. The first-order chi connectivity index (χ1) is 14.0. The standard InChI is InChI=1S/C20H26N6O3/c1-20-16-17(21)24-18(25-20)22-14(12-27)7-3-2-4-9-29-15-8-5-6-13(10-15)11-26(20)19(28)23-16/h2,4-6,8,10,14,27H,3,7,9,11-12,21H2,1H3,(H,23,28)(H2,22,24,25)/b4-2+. The van der Waals surface area contributed by atoms with Crippen LogP contribution in [-0.4, -0.2) is 46.9 Å². The van der Waals surface area contributed by atoms with Crippen LogP contribution in [0.5, 0.6) is 5.75 Å². The van der Waals surface area contributed by atoms with E-state index in [2.05, 4.69) is 20.9 Å². The van der Waals surface area contributed by atoms with Crippen LogP contribution in [-0.2, 0) is 6.54 Å². The first-order valence-corrected chi connectivity index (χ1v) is 9.69. The van der Waals surface area contributed by atoms with Crippen LogP contribution < -0.4 is 26.4 Å². The van der Waals surface area contributed by atoms with Crippen molar-refractivity contribution in [2.24, 2.45) is 10.7 Å². The first-order valence-electron chi connectivity index (χ1n) is 9.69. The summed E-state index contributed by atoms with van der Waals surface area (Å²) in [7, 11) is 0. The number of ether oxygens (including phenoxy) is 1. The maximum Gasteiger partial charge on any atom is 0.324 e.